The van der Waals surface area contributed by atoms with Gasteiger partial charge in [-0.1, -0.05) is 11.6 Å². The van der Waals surface area contributed by atoms with Crippen molar-refractivity contribution in [3.63, 3.8) is 0 Å². The largest absolute Gasteiger partial charge is 0.391 e. The smallest absolute Gasteiger partial charge is 0.271 e. The summed E-state index contributed by atoms with van der Waals surface area (Å²) < 4.78 is 0. The molecule has 1 aromatic rings. The minimum Gasteiger partial charge on any atom is -0.391 e. The molecule has 2 unspecified atom stereocenters. The normalized spacial score (nSPS) is 21.7. The summed E-state index contributed by atoms with van der Waals surface area (Å²) in [4.78, 5) is 22.0. The molecule has 0 radical (unpaired) electrons. The van der Waals surface area contributed by atoms with Crippen LogP contribution in [0, 0.1) is 16.0 Å². The van der Waals surface area contributed by atoms with Crippen LogP contribution in [0.1, 0.15) is 10.4 Å². The topological polar surface area (TPSA) is 104 Å². The zero-order chi connectivity index (χ0) is 14.7. The predicted molar refractivity (Wildman–Crippen MR) is 72.8 cm³/mol. The first kappa shape index (κ1) is 14.7. The number of nitrogens with one attached hydrogen (secondary N) is 2. The maximum Gasteiger partial charge on any atom is 0.271 e. The van der Waals surface area contributed by atoms with Gasteiger partial charge in [-0.2, -0.15) is 0 Å². The third-order valence-corrected chi connectivity index (χ3v) is 3.40. The summed E-state index contributed by atoms with van der Waals surface area (Å²) in [6.07, 6.45) is -0.496. The van der Waals surface area contributed by atoms with Gasteiger partial charge in [-0.25, -0.2) is 0 Å². The van der Waals surface area contributed by atoms with Crippen LogP contribution in [-0.2, 0) is 0 Å². The second kappa shape index (κ2) is 6.17. The summed E-state index contributed by atoms with van der Waals surface area (Å²) in [5.41, 5.74) is -0.102. The fraction of sp³-hybridized carbons (Fsp3) is 0.417. The number of carbonyl (C=O) groups excluding carboxylic acids is 1. The number of non-ortho nitro benzene ring substituents is 1. The summed E-state index contributed by atoms with van der Waals surface area (Å²) in [7, 11) is 0. The molecule has 0 spiro atoms. The van der Waals surface area contributed by atoms with Crippen LogP contribution in [0.5, 0.6) is 0 Å². The van der Waals surface area contributed by atoms with Gasteiger partial charge in [-0.3, -0.25) is 14.9 Å². The summed E-state index contributed by atoms with van der Waals surface area (Å²) in [5.74, 6) is -0.511. The molecule has 2 rings (SSSR count). The van der Waals surface area contributed by atoms with Crippen molar-refractivity contribution >= 4 is 23.2 Å². The SMILES string of the molecule is O=C(NCC1CNCC1O)c1cc(Cl)cc([N+](=O)[O-])c1. The number of aliphatic hydroxyl groups excluding tert-OH is 1. The van der Waals surface area contributed by atoms with Gasteiger partial charge in [0.2, 0.25) is 0 Å². The third-order valence-electron chi connectivity index (χ3n) is 3.18. The van der Waals surface area contributed by atoms with Gasteiger partial charge in [0.1, 0.15) is 0 Å². The summed E-state index contributed by atoms with van der Waals surface area (Å²) >= 11 is 5.75. The fourth-order valence-corrected chi connectivity index (χ4v) is 2.29. The Morgan fingerprint density at radius 1 is 1.50 bits per heavy atom. The number of hydrogen-bond acceptors (Lipinski definition) is 5. The molecule has 7 nitrogen and oxygen atoms in total. The van der Waals surface area contributed by atoms with E-state index < -0.39 is 16.9 Å². The number of nitro benzene ring substituents is 1. The number of halogens is 1. The minimum atomic E-state index is -0.604. The van der Waals surface area contributed by atoms with Crippen LogP contribution in [0.4, 0.5) is 5.69 Å². The van der Waals surface area contributed by atoms with E-state index in [0.717, 1.165) is 0 Å². The van der Waals surface area contributed by atoms with E-state index in [1.165, 1.54) is 18.2 Å². The van der Waals surface area contributed by atoms with Crippen molar-refractivity contribution in [3.05, 3.63) is 38.9 Å². The second-order valence-corrected chi connectivity index (χ2v) is 5.09. The molecule has 1 heterocycles. The van der Waals surface area contributed by atoms with Crippen LogP contribution in [-0.4, -0.2) is 41.7 Å². The highest BCUT2D eigenvalue weighted by atomic mass is 35.5. The highest BCUT2D eigenvalue weighted by Gasteiger charge is 2.25. The van der Waals surface area contributed by atoms with Crippen molar-refractivity contribution < 1.29 is 14.8 Å². The first-order valence-corrected chi connectivity index (χ1v) is 6.47. The molecule has 1 saturated heterocycles. The van der Waals surface area contributed by atoms with E-state index in [1.807, 2.05) is 0 Å². The Bertz CT molecular complexity index is 537. The van der Waals surface area contributed by atoms with E-state index >= 15 is 0 Å². The van der Waals surface area contributed by atoms with Crippen molar-refractivity contribution in [3.8, 4) is 0 Å². The average molecular weight is 300 g/mol. The lowest BCUT2D eigenvalue weighted by Gasteiger charge is -2.14. The van der Waals surface area contributed by atoms with E-state index in [-0.39, 0.29) is 22.2 Å². The summed E-state index contributed by atoms with van der Waals surface area (Å²) in [6.45, 7) is 1.42. The van der Waals surface area contributed by atoms with Gasteiger partial charge in [0.05, 0.1) is 11.0 Å². The highest BCUT2D eigenvalue weighted by molar-refractivity contribution is 6.31. The Morgan fingerprint density at radius 2 is 2.25 bits per heavy atom. The van der Waals surface area contributed by atoms with Crippen molar-refractivity contribution in [2.75, 3.05) is 19.6 Å². The molecule has 1 amide bonds. The Kier molecular flexibility index (Phi) is 4.53. The fourth-order valence-electron chi connectivity index (χ4n) is 2.06. The van der Waals surface area contributed by atoms with Crippen LogP contribution >= 0.6 is 11.6 Å². The number of amides is 1. The third kappa shape index (κ3) is 3.44. The molecule has 20 heavy (non-hydrogen) atoms. The van der Waals surface area contributed by atoms with Crippen LogP contribution in [0.3, 0.4) is 0 Å². The highest BCUT2D eigenvalue weighted by Crippen LogP contribution is 2.21. The molecule has 0 aromatic heterocycles. The molecule has 1 fully saturated rings. The first-order valence-electron chi connectivity index (χ1n) is 6.09. The number of carbonyl (C=O) groups is 1. The van der Waals surface area contributed by atoms with E-state index in [1.54, 1.807) is 0 Å². The molecule has 1 aliphatic rings. The summed E-state index contributed by atoms with van der Waals surface area (Å²) in [6, 6.07) is 3.72. The minimum absolute atomic E-state index is 0.0619. The lowest BCUT2D eigenvalue weighted by Crippen LogP contribution is -2.34. The van der Waals surface area contributed by atoms with Gasteiger partial charge in [0, 0.05) is 48.3 Å². The number of rotatable bonds is 4. The molecule has 0 bridgehead atoms. The van der Waals surface area contributed by atoms with Gasteiger partial charge in [0.15, 0.2) is 0 Å². The number of hydrogen-bond donors (Lipinski definition) is 3. The van der Waals surface area contributed by atoms with Crippen molar-refractivity contribution in [1.82, 2.24) is 10.6 Å². The molecule has 2 atom stereocenters. The Balaban J connectivity index is 2.03. The zero-order valence-corrected chi connectivity index (χ0v) is 11.3. The maximum absolute atomic E-state index is 11.9. The predicted octanol–water partition coefficient (Wildman–Crippen LogP) is 0.558. The van der Waals surface area contributed by atoms with Crippen LogP contribution < -0.4 is 10.6 Å². The number of β-amino-alcohol motifs (C(OH)–C–C–N with tert-alkyl or cyclic N) is 1. The van der Waals surface area contributed by atoms with E-state index in [0.29, 0.717) is 19.6 Å². The number of benzene rings is 1. The molecule has 1 aliphatic heterocycles. The van der Waals surface area contributed by atoms with Crippen LogP contribution in [0.25, 0.3) is 0 Å². The summed E-state index contributed by atoms with van der Waals surface area (Å²) in [5, 5.41) is 26.1. The number of aliphatic hydroxyl groups is 1. The van der Waals surface area contributed by atoms with Crippen molar-refractivity contribution in [2.24, 2.45) is 5.92 Å². The Labute approximate surface area is 120 Å². The number of nitro groups is 1. The second-order valence-electron chi connectivity index (χ2n) is 4.65. The molecular weight excluding hydrogens is 286 g/mol. The average Bonchev–Trinajstić information content (AvgIpc) is 2.80. The molecule has 108 valence electrons. The lowest BCUT2D eigenvalue weighted by atomic mass is 10.1. The van der Waals surface area contributed by atoms with Gasteiger partial charge in [-0.05, 0) is 6.07 Å². The molecule has 3 N–H and O–H groups in total. The van der Waals surface area contributed by atoms with Crippen LogP contribution in [0.2, 0.25) is 5.02 Å². The Hall–Kier alpha value is -1.70. The molecular formula is C12H14ClN3O4. The van der Waals surface area contributed by atoms with E-state index in [9.17, 15) is 20.0 Å². The molecule has 1 aromatic carbocycles. The quantitative estimate of drug-likeness (QED) is 0.556. The van der Waals surface area contributed by atoms with Gasteiger partial charge < -0.3 is 15.7 Å². The monoisotopic (exact) mass is 299 g/mol. The van der Waals surface area contributed by atoms with Crippen molar-refractivity contribution in [1.29, 1.82) is 0 Å². The van der Waals surface area contributed by atoms with Crippen molar-refractivity contribution in [2.45, 2.75) is 6.10 Å². The van der Waals surface area contributed by atoms with E-state index in [2.05, 4.69) is 10.6 Å². The van der Waals surface area contributed by atoms with Gasteiger partial charge in [0.25, 0.3) is 11.6 Å². The maximum atomic E-state index is 11.9. The lowest BCUT2D eigenvalue weighted by molar-refractivity contribution is -0.384. The zero-order valence-electron chi connectivity index (χ0n) is 10.5. The molecule has 0 saturated carbocycles. The molecule has 0 aliphatic carbocycles. The Morgan fingerprint density at radius 3 is 2.85 bits per heavy atom. The molecule has 8 heteroatoms. The van der Waals surface area contributed by atoms with E-state index in [4.69, 9.17) is 11.6 Å². The standard InChI is InChI=1S/C12H14ClN3O4/c13-9-1-7(2-10(3-9)16(19)20)12(18)15-5-8-4-14-6-11(8)17/h1-3,8,11,14,17H,4-6H2,(H,15,18). The van der Waals surface area contributed by atoms with Gasteiger partial charge in [-0.15, -0.1) is 0 Å². The number of nitrogens with zero attached hydrogens (tertiary/aromatic N) is 1. The van der Waals surface area contributed by atoms with Gasteiger partial charge >= 0.3 is 0 Å². The first-order chi connectivity index (χ1) is 9.47. The van der Waals surface area contributed by atoms with Crippen LogP contribution in [0.15, 0.2) is 18.2 Å².